The highest BCUT2D eigenvalue weighted by Crippen LogP contribution is 2.59. The molecular formula is C24H43N5O4SSi2. The van der Waals surface area contributed by atoms with Crippen LogP contribution in [0.25, 0.3) is 11.2 Å². The Bertz CT molecular complexity index is 1180. The molecule has 0 radical (unpaired) electrons. The first-order chi connectivity index (χ1) is 16.3. The Hall–Kier alpha value is -1.19. The van der Waals surface area contributed by atoms with Gasteiger partial charge in [0.25, 0.3) is 5.56 Å². The zero-order valence-electron chi connectivity index (χ0n) is 23.6. The number of nitrogens with two attached hydrogens (primary N) is 1. The molecule has 4 atom stereocenters. The monoisotopic (exact) mass is 553 g/mol. The topological polar surface area (TPSA) is 117 Å². The van der Waals surface area contributed by atoms with Crippen LogP contribution in [-0.2, 0) is 13.3 Å². The van der Waals surface area contributed by atoms with Gasteiger partial charge in [0, 0.05) is 10.1 Å². The minimum atomic E-state index is -2.71. The van der Waals surface area contributed by atoms with Gasteiger partial charge in [-0.3, -0.25) is 14.3 Å². The smallest absolute Gasteiger partial charge is 0.349 e. The molecule has 2 saturated heterocycles. The van der Waals surface area contributed by atoms with Crippen molar-refractivity contribution >= 4 is 45.8 Å². The molecule has 3 N–H and O–H groups in total. The van der Waals surface area contributed by atoms with E-state index in [-0.39, 0.29) is 55.0 Å². The van der Waals surface area contributed by atoms with Crippen LogP contribution in [0.15, 0.2) is 11.1 Å². The van der Waals surface area contributed by atoms with Crippen LogP contribution in [0, 0.1) is 0 Å². The Balaban J connectivity index is 1.84. The van der Waals surface area contributed by atoms with Crippen molar-refractivity contribution in [1.29, 1.82) is 0 Å². The minimum absolute atomic E-state index is 0.0187. The number of H-pyrrole nitrogens is 1. The van der Waals surface area contributed by atoms with Crippen LogP contribution in [0.5, 0.6) is 0 Å². The summed E-state index contributed by atoms with van der Waals surface area (Å²) >= 11 is 1.76. The lowest BCUT2D eigenvalue weighted by molar-refractivity contribution is -0.0326. The normalized spacial score (nSPS) is 27.4. The summed E-state index contributed by atoms with van der Waals surface area (Å²) in [6.45, 7) is 25.3. The van der Waals surface area contributed by atoms with Gasteiger partial charge in [-0.2, -0.15) is 4.98 Å². The van der Waals surface area contributed by atoms with Gasteiger partial charge in [-0.25, -0.2) is 4.98 Å². The number of rotatable bonds is 3. The van der Waals surface area contributed by atoms with E-state index in [0.29, 0.717) is 12.3 Å². The van der Waals surface area contributed by atoms with E-state index in [2.05, 4.69) is 90.4 Å². The first-order valence-corrected chi connectivity index (χ1v) is 18.3. The predicted molar refractivity (Wildman–Crippen MR) is 151 cm³/mol. The van der Waals surface area contributed by atoms with Crippen LogP contribution in [0.4, 0.5) is 5.95 Å². The van der Waals surface area contributed by atoms with Crippen LogP contribution in [0.3, 0.4) is 0 Å². The first-order valence-electron chi connectivity index (χ1n) is 12.7. The number of hydrogen-bond donors (Lipinski definition) is 2. The molecule has 0 aliphatic carbocycles. The molecule has 2 aliphatic rings. The van der Waals surface area contributed by atoms with Crippen molar-refractivity contribution < 1.29 is 13.3 Å². The second-order valence-corrected chi connectivity index (χ2v) is 24.6. The quantitative estimate of drug-likeness (QED) is 0.500. The lowest BCUT2D eigenvalue weighted by Gasteiger charge is -2.54. The maximum Gasteiger partial charge on any atom is 0.349 e. The van der Waals surface area contributed by atoms with Crippen molar-refractivity contribution in [2.24, 2.45) is 0 Å². The van der Waals surface area contributed by atoms with Gasteiger partial charge in [-0.15, -0.1) is 11.8 Å². The maximum absolute atomic E-state index is 12.5. The van der Waals surface area contributed by atoms with Gasteiger partial charge < -0.3 is 19.0 Å². The molecule has 9 nitrogen and oxygen atoms in total. The molecule has 0 spiro atoms. The molecule has 2 fully saturated rings. The predicted octanol–water partition coefficient (Wildman–Crippen LogP) is 5.16. The van der Waals surface area contributed by atoms with Crippen LogP contribution in [-0.4, -0.2) is 60.5 Å². The second-order valence-electron chi connectivity index (χ2n) is 13.7. The molecule has 2 aromatic rings. The van der Waals surface area contributed by atoms with E-state index in [1.165, 1.54) is 0 Å². The summed E-state index contributed by atoms with van der Waals surface area (Å²) in [6.07, 6.45) is 1.29. The molecule has 2 aliphatic heterocycles. The number of nitrogens with one attached hydrogen (secondary N) is 1. The van der Waals surface area contributed by atoms with Gasteiger partial charge >= 0.3 is 8.56 Å². The summed E-state index contributed by atoms with van der Waals surface area (Å²) in [5, 5.41) is -0.338. The first kappa shape index (κ1) is 27.8. The Morgan fingerprint density at radius 2 is 1.78 bits per heavy atom. The van der Waals surface area contributed by atoms with E-state index in [9.17, 15) is 4.79 Å². The van der Waals surface area contributed by atoms with Gasteiger partial charge in [0.2, 0.25) is 5.95 Å². The fourth-order valence-corrected chi connectivity index (χ4v) is 13.4. The molecule has 0 amide bonds. The van der Waals surface area contributed by atoms with E-state index in [0.717, 1.165) is 0 Å². The van der Waals surface area contributed by atoms with E-state index in [4.69, 9.17) is 19.0 Å². The number of aromatic nitrogens is 4. The summed E-state index contributed by atoms with van der Waals surface area (Å²) in [5.41, 5.74) is 6.31. The summed E-state index contributed by atoms with van der Waals surface area (Å²) in [4.78, 5) is 23.9. The second kappa shape index (κ2) is 8.67. The van der Waals surface area contributed by atoms with E-state index in [1.807, 2.05) is 4.57 Å². The number of nitrogen functional groups attached to an aromatic ring is 1. The fourth-order valence-electron chi connectivity index (χ4n) is 5.32. The van der Waals surface area contributed by atoms with Gasteiger partial charge in [0.15, 0.2) is 19.5 Å². The molecule has 36 heavy (non-hydrogen) atoms. The Kier molecular flexibility index (Phi) is 6.70. The highest BCUT2D eigenvalue weighted by atomic mass is 32.2. The number of nitrogens with zero attached hydrogens (tertiary/aromatic N) is 3. The molecule has 12 heteroatoms. The number of aromatic amines is 1. The van der Waals surface area contributed by atoms with Crippen LogP contribution < -0.4 is 11.3 Å². The van der Waals surface area contributed by atoms with Gasteiger partial charge in [0.05, 0.1) is 24.3 Å². The number of imidazole rings is 1. The van der Waals surface area contributed by atoms with Crippen molar-refractivity contribution in [1.82, 2.24) is 19.5 Å². The van der Waals surface area contributed by atoms with Crippen molar-refractivity contribution in [2.45, 2.75) is 113 Å². The highest BCUT2D eigenvalue weighted by molar-refractivity contribution is 8.00. The highest BCUT2D eigenvalue weighted by Gasteiger charge is 2.65. The van der Waals surface area contributed by atoms with Crippen LogP contribution in [0.2, 0.25) is 28.2 Å². The standard InChI is InChI=1S/C24H43N5O4SSi2/c1-22(2,3)35(10,11)32-17-16-14(12-31-36(33-16,23(4,5)6)24(7,8)9)34-20(17)29-13-26-15-18(29)27-21(25)28-19(15)30/h13-14,16-17,20H,12H2,1-11H3,(H3,25,27,28,30)/t14-,16+,17-,20-/m1/s1. The van der Waals surface area contributed by atoms with Crippen molar-refractivity contribution in [2.75, 3.05) is 12.3 Å². The average Bonchev–Trinajstić information content (AvgIpc) is 3.26. The molecule has 2 aromatic heterocycles. The third kappa shape index (κ3) is 4.41. The Labute approximate surface area is 220 Å². The van der Waals surface area contributed by atoms with Crippen molar-refractivity contribution in [3.05, 3.63) is 16.7 Å². The van der Waals surface area contributed by atoms with Gasteiger partial charge in [-0.05, 0) is 18.1 Å². The lowest BCUT2D eigenvalue weighted by Crippen LogP contribution is -2.65. The Morgan fingerprint density at radius 1 is 1.17 bits per heavy atom. The van der Waals surface area contributed by atoms with Gasteiger partial charge in [-0.1, -0.05) is 62.3 Å². The van der Waals surface area contributed by atoms with E-state index < -0.39 is 16.9 Å². The third-order valence-electron chi connectivity index (χ3n) is 7.97. The van der Waals surface area contributed by atoms with E-state index >= 15 is 0 Å². The molecule has 4 heterocycles. The third-order valence-corrected chi connectivity index (χ3v) is 19.1. The largest absolute Gasteiger partial charge is 0.408 e. The average molecular weight is 554 g/mol. The molecule has 4 rings (SSSR count). The molecule has 0 saturated carbocycles. The van der Waals surface area contributed by atoms with Crippen molar-refractivity contribution in [3.8, 4) is 0 Å². The molecule has 0 bridgehead atoms. The summed E-state index contributed by atoms with van der Waals surface area (Å²) in [6, 6.07) is 0. The minimum Gasteiger partial charge on any atom is -0.408 e. The summed E-state index contributed by atoms with van der Waals surface area (Å²) in [5.74, 6) is 0.0722. The molecular weight excluding hydrogens is 511 g/mol. The summed E-state index contributed by atoms with van der Waals surface area (Å²) in [7, 11) is -4.91. The molecule has 0 unspecified atom stereocenters. The van der Waals surface area contributed by atoms with Crippen LogP contribution in [0.1, 0.15) is 67.7 Å². The van der Waals surface area contributed by atoms with Gasteiger partial charge in [0.1, 0.15) is 11.5 Å². The number of thioether (sulfide) groups is 1. The summed E-state index contributed by atoms with van der Waals surface area (Å²) < 4.78 is 23.1. The van der Waals surface area contributed by atoms with Crippen molar-refractivity contribution in [3.63, 3.8) is 0 Å². The van der Waals surface area contributed by atoms with E-state index in [1.54, 1.807) is 18.1 Å². The lowest BCUT2D eigenvalue weighted by atomic mass is 10.1. The SMILES string of the molecule is CC(C)(C)[Si](C)(C)O[C@@H]1[C@H]2O[Si](C(C)(C)C)(C(C)(C)C)OC[C@H]2S[C@H]1n1cnc2c(=O)[nH]c(N)nc21. The number of fused-ring (bicyclic) bond motifs is 2. The number of hydrogen-bond acceptors (Lipinski definition) is 8. The maximum atomic E-state index is 12.5. The van der Waals surface area contributed by atoms with Crippen LogP contribution >= 0.6 is 11.8 Å². The molecule has 202 valence electrons. The number of anilines is 1. The fraction of sp³-hybridized carbons (Fsp3) is 0.792. The Morgan fingerprint density at radius 3 is 2.33 bits per heavy atom. The zero-order chi connectivity index (χ0) is 27.1. The molecule has 0 aromatic carbocycles. The zero-order valence-corrected chi connectivity index (χ0v) is 26.4.